The Morgan fingerprint density at radius 3 is 2.62 bits per heavy atom. The highest BCUT2D eigenvalue weighted by atomic mass is 127. The van der Waals surface area contributed by atoms with Crippen molar-refractivity contribution in [2.75, 3.05) is 20.6 Å². The van der Waals surface area contributed by atoms with Crippen LogP contribution in [0.15, 0.2) is 58.4 Å². The van der Waals surface area contributed by atoms with Crippen molar-refractivity contribution in [3.63, 3.8) is 0 Å². The number of halogens is 2. The van der Waals surface area contributed by atoms with Crippen LogP contribution in [0.2, 0.25) is 5.02 Å². The van der Waals surface area contributed by atoms with Gasteiger partial charge in [-0.05, 0) is 30.5 Å². The van der Waals surface area contributed by atoms with Crippen molar-refractivity contribution in [3.8, 4) is 0 Å². The summed E-state index contributed by atoms with van der Waals surface area (Å²) in [6, 6.07) is 13.1. The van der Waals surface area contributed by atoms with E-state index in [1.807, 2.05) is 48.5 Å². The van der Waals surface area contributed by atoms with Gasteiger partial charge in [-0.2, -0.15) is 0 Å². The van der Waals surface area contributed by atoms with Gasteiger partial charge in [-0.3, -0.25) is 9.79 Å². The predicted octanol–water partition coefficient (Wildman–Crippen LogP) is 3.61. The van der Waals surface area contributed by atoms with Crippen molar-refractivity contribution in [2.24, 2.45) is 4.99 Å². The molecule has 0 saturated carbocycles. The molecular formula is C19H26ClIN4O. The molecule has 26 heavy (non-hydrogen) atoms. The first-order chi connectivity index (χ1) is 12.1. The third-order valence-electron chi connectivity index (χ3n) is 3.95. The SMILES string of the molecule is CN=C(NCCCCn1ccccc1=O)N(C)Cc1ccccc1Cl.I. The highest BCUT2D eigenvalue weighted by molar-refractivity contribution is 14.0. The highest BCUT2D eigenvalue weighted by Crippen LogP contribution is 2.16. The van der Waals surface area contributed by atoms with Gasteiger partial charge in [0, 0.05) is 51.0 Å². The summed E-state index contributed by atoms with van der Waals surface area (Å²) in [4.78, 5) is 18.0. The van der Waals surface area contributed by atoms with Gasteiger partial charge in [-0.25, -0.2) is 0 Å². The van der Waals surface area contributed by atoms with Crippen molar-refractivity contribution < 1.29 is 0 Å². The van der Waals surface area contributed by atoms with Crippen molar-refractivity contribution in [1.29, 1.82) is 0 Å². The van der Waals surface area contributed by atoms with E-state index in [0.717, 1.165) is 42.5 Å². The van der Waals surface area contributed by atoms with Gasteiger partial charge in [-0.1, -0.05) is 35.9 Å². The van der Waals surface area contributed by atoms with E-state index >= 15 is 0 Å². The van der Waals surface area contributed by atoms with Gasteiger partial charge in [0.2, 0.25) is 5.56 Å². The summed E-state index contributed by atoms with van der Waals surface area (Å²) < 4.78 is 1.73. The molecule has 142 valence electrons. The molecule has 7 heteroatoms. The molecule has 0 aliphatic carbocycles. The number of hydrogen-bond donors (Lipinski definition) is 1. The largest absolute Gasteiger partial charge is 0.356 e. The Hall–Kier alpha value is -1.54. The molecule has 2 aromatic rings. The second-order valence-electron chi connectivity index (χ2n) is 5.86. The van der Waals surface area contributed by atoms with Gasteiger partial charge in [0.15, 0.2) is 5.96 Å². The van der Waals surface area contributed by atoms with Crippen LogP contribution in [-0.2, 0) is 13.1 Å². The van der Waals surface area contributed by atoms with Gasteiger partial charge in [0.1, 0.15) is 0 Å². The third-order valence-corrected chi connectivity index (χ3v) is 4.32. The molecule has 0 aliphatic heterocycles. The predicted molar refractivity (Wildman–Crippen MR) is 120 cm³/mol. The van der Waals surface area contributed by atoms with Crippen molar-refractivity contribution in [3.05, 3.63) is 69.6 Å². The highest BCUT2D eigenvalue weighted by Gasteiger charge is 2.08. The standard InChI is InChI=1S/C19H25ClN4O.HI/c1-21-19(23(2)15-16-9-3-4-10-17(16)20)22-12-6-8-14-24-13-7-5-11-18(24)25;/h3-5,7,9-11,13H,6,8,12,14-15H2,1-2H3,(H,21,22);1H. The summed E-state index contributed by atoms with van der Waals surface area (Å²) in [5.74, 6) is 0.830. The van der Waals surface area contributed by atoms with E-state index in [9.17, 15) is 4.79 Å². The Labute approximate surface area is 177 Å². The molecule has 0 bridgehead atoms. The lowest BCUT2D eigenvalue weighted by molar-refractivity contribution is 0.473. The summed E-state index contributed by atoms with van der Waals surface area (Å²) in [6.45, 7) is 2.23. The van der Waals surface area contributed by atoms with E-state index in [0.29, 0.717) is 6.54 Å². The first kappa shape index (κ1) is 22.5. The number of aliphatic imine (C=N–C) groups is 1. The second-order valence-corrected chi connectivity index (χ2v) is 6.27. The molecule has 0 unspecified atom stereocenters. The molecule has 0 radical (unpaired) electrons. The van der Waals surface area contributed by atoms with E-state index in [1.165, 1.54) is 0 Å². The van der Waals surface area contributed by atoms with E-state index in [4.69, 9.17) is 11.6 Å². The van der Waals surface area contributed by atoms with E-state index < -0.39 is 0 Å². The van der Waals surface area contributed by atoms with Crippen LogP contribution in [0.1, 0.15) is 18.4 Å². The fraction of sp³-hybridized carbons (Fsp3) is 0.368. The normalized spacial score (nSPS) is 11.0. The Balaban J connectivity index is 0.00000338. The quantitative estimate of drug-likeness (QED) is 0.280. The zero-order valence-electron chi connectivity index (χ0n) is 15.2. The van der Waals surface area contributed by atoms with E-state index in [1.54, 1.807) is 23.7 Å². The molecule has 5 nitrogen and oxygen atoms in total. The first-order valence-electron chi connectivity index (χ1n) is 8.42. The lowest BCUT2D eigenvalue weighted by Crippen LogP contribution is -2.39. The van der Waals surface area contributed by atoms with Gasteiger partial charge < -0.3 is 14.8 Å². The number of rotatable bonds is 7. The second kappa shape index (κ2) is 12.0. The van der Waals surface area contributed by atoms with Crippen molar-refractivity contribution in [2.45, 2.75) is 25.9 Å². The van der Waals surface area contributed by atoms with Crippen LogP contribution in [0.4, 0.5) is 0 Å². The Kier molecular flexibility index (Phi) is 10.3. The monoisotopic (exact) mass is 488 g/mol. The molecule has 1 heterocycles. The van der Waals surface area contributed by atoms with E-state index in [-0.39, 0.29) is 29.5 Å². The zero-order valence-corrected chi connectivity index (χ0v) is 18.3. The number of aromatic nitrogens is 1. The summed E-state index contributed by atoms with van der Waals surface area (Å²) in [6.07, 6.45) is 3.72. The maximum atomic E-state index is 11.6. The molecular weight excluding hydrogens is 463 g/mol. The molecule has 0 spiro atoms. The number of benzene rings is 1. The molecule has 0 aliphatic rings. The van der Waals surface area contributed by atoms with Crippen molar-refractivity contribution >= 4 is 41.5 Å². The molecule has 0 saturated heterocycles. The van der Waals surface area contributed by atoms with Gasteiger partial charge in [0.25, 0.3) is 0 Å². The lowest BCUT2D eigenvalue weighted by Gasteiger charge is -2.22. The van der Waals surface area contributed by atoms with E-state index in [2.05, 4.69) is 10.3 Å². The average molecular weight is 489 g/mol. The molecule has 2 rings (SSSR count). The Bertz CT molecular complexity index is 763. The molecule has 0 amide bonds. The van der Waals surface area contributed by atoms with Crippen LogP contribution in [-0.4, -0.2) is 36.1 Å². The van der Waals surface area contributed by atoms with Crippen LogP contribution < -0.4 is 10.9 Å². The van der Waals surface area contributed by atoms with Gasteiger partial charge in [0.05, 0.1) is 0 Å². The average Bonchev–Trinajstić information content (AvgIpc) is 2.61. The summed E-state index contributed by atoms with van der Waals surface area (Å²) in [5.41, 5.74) is 1.11. The minimum atomic E-state index is 0. The number of hydrogen-bond acceptors (Lipinski definition) is 2. The third kappa shape index (κ3) is 6.99. The summed E-state index contributed by atoms with van der Waals surface area (Å²) in [5, 5.41) is 4.12. The number of nitrogens with zero attached hydrogens (tertiary/aromatic N) is 3. The number of pyridine rings is 1. The maximum Gasteiger partial charge on any atom is 0.250 e. The van der Waals surface area contributed by atoms with Gasteiger partial charge >= 0.3 is 0 Å². The molecule has 0 atom stereocenters. The zero-order chi connectivity index (χ0) is 18.1. The minimum absolute atomic E-state index is 0. The Morgan fingerprint density at radius 1 is 1.19 bits per heavy atom. The van der Waals surface area contributed by atoms with Crippen LogP contribution in [0.25, 0.3) is 0 Å². The lowest BCUT2D eigenvalue weighted by atomic mass is 10.2. The number of nitrogens with one attached hydrogen (secondary N) is 1. The number of guanidine groups is 1. The molecule has 1 aromatic heterocycles. The van der Waals surface area contributed by atoms with Crippen LogP contribution >= 0.6 is 35.6 Å². The van der Waals surface area contributed by atoms with Crippen molar-refractivity contribution in [1.82, 2.24) is 14.8 Å². The number of unbranched alkanes of at least 4 members (excludes halogenated alkanes) is 1. The molecule has 1 N–H and O–H groups in total. The molecule has 0 fully saturated rings. The van der Waals surface area contributed by atoms with Crippen LogP contribution in [0, 0.1) is 0 Å². The smallest absolute Gasteiger partial charge is 0.250 e. The number of aryl methyl sites for hydroxylation is 1. The first-order valence-corrected chi connectivity index (χ1v) is 8.80. The maximum absolute atomic E-state index is 11.6. The van der Waals surface area contributed by atoms with Crippen LogP contribution in [0.3, 0.4) is 0 Å². The summed E-state index contributed by atoms with van der Waals surface area (Å²) >= 11 is 6.22. The van der Waals surface area contributed by atoms with Gasteiger partial charge in [-0.15, -0.1) is 24.0 Å². The fourth-order valence-corrected chi connectivity index (χ4v) is 2.79. The summed E-state index contributed by atoms with van der Waals surface area (Å²) in [7, 11) is 3.76. The fourth-order valence-electron chi connectivity index (χ4n) is 2.59. The Morgan fingerprint density at radius 2 is 1.92 bits per heavy atom. The van der Waals surface area contributed by atoms with Crippen LogP contribution in [0.5, 0.6) is 0 Å². The topological polar surface area (TPSA) is 49.6 Å². The molecule has 1 aromatic carbocycles. The minimum Gasteiger partial charge on any atom is -0.356 e.